The van der Waals surface area contributed by atoms with Gasteiger partial charge >= 0.3 is 0 Å². The lowest BCUT2D eigenvalue weighted by atomic mass is 9.55. The summed E-state index contributed by atoms with van der Waals surface area (Å²) >= 11 is 0. The van der Waals surface area contributed by atoms with E-state index in [2.05, 4.69) is 20.8 Å². The maximum atomic E-state index is 13.3. The van der Waals surface area contributed by atoms with Crippen molar-refractivity contribution in [3.05, 3.63) is 12.3 Å². The van der Waals surface area contributed by atoms with Crippen molar-refractivity contribution < 1.29 is 9.59 Å². The van der Waals surface area contributed by atoms with E-state index in [4.69, 9.17) is 0 Å². The van der Waals surface area contributed by atoms with E-state index in [9.17, 15) is 9.59 Å². The molecule has 2 bridgehead atoms. The summed E-state index contributed by atoms with van der Waals surface area (Å²) in [6, 6.07) is 0. The molecule has 2 atom stereocenters. The Hall–Kier alpha value is -1.32. The van der Waals surface area contributed by atoms with E-state index in [0.717, 1.165) is 32.4 Å². The quantitative estimate of drug-likeness (QED) is 0.696. The standard InChI is InChI=1S/C17H26N2O2/c1-15(2)16(3)8-9-17(15,13(20)18(4)12-16)14(21)19-10-6-5-7-11-19/h6,10H,5,7-9,11-12H2,1-4H3/t16-,17+/m0/s1. The van der Waals surface area contributed by atoms with Crippen molar-refractivity contribution in [1.82, 2.24) is 9.80 Å². The topological polar surface area (TPSA) is 40.6 Å². The number of likely N-dealkylation sites (tertiary alicyclic amines) is 1. The van der Waals surface area contributed by atoms with Crippen molar-refractivity contribution in [3.63, 3.8) is 0 Å². The fourth-order valence-electron chi connectivity index (χ4n) is 4.71. The summed E-state index contributed by atoms with van der Waals surface area (Å²) in [6.45, 7) is 7.97. The first-order chi connectivity index (χ1) is 9.76. The number of piperidine rings is 1. The van der Waals surface area contributed by atoms with E-state index in [0.29, 0.717) is 6.42 Å². The molecule has 0 radical (unpaired) electrons. The number of carbonyl (C=O) groups excluding carboxylic acids is 2. The highest BCUT2D eigenvalue weighted by Gasteiger charge is 2.71. The fourth-order valence-corrected chi connectivity index (χ4v) is 4.71. The molecule has 2 aliphatic heterocycles. The first-order valence-electron chi connectivity index (χ1n) is 8.00. The van der Waals surface area contributed by atoms with E-state index < -0.39 is 5.41 Å². The third-order valence-electron chi connectivity index (χ3n) is 6.61. The molecule has 0 spiro atoms. The van der Waals surface area contributed by atoms with E-state index in [1.807, 2.05) is 19.3 Å². The average Bonchev–Trinajstić information content (AvgIpc) is 2.58. The largest absolute Gasteiger partial charge is 0.344 e. The van der Waals surface area contributed by atoms with Gasteiger partial charge in [-0.05, 0) is 36.5 Å². The van der Waals surface area contributed by atoms with Crippen LogP contribution in [0.5, 0.6) is 0 Å². The maximum Gasteiger partial charge on any atom is 0.242 e. The van der Waals surface area contributed by atoms with Crippen LogP contribution in [0.1, 0.15) is 46.5 Å². The third kappa shape index (κ3) is 1.62. The van der Waals surface area contributed by atoms with E-state index >= 15 is 0 Å². The number of allylic oxidation sites excluding steroid dienone is 1. The minimum absolute atomic E-state index is 0.0173. The van der Waals surface area contributed by atoms with Crippen LogP contribution in [0.3, 0.4) is 0 Å². The molecule has 4 nitrogen and oxygen atoms in total. The first-order valence-corrected chi connectivity index (χ1v) is 8.00. The highest BCUT2D eigenvalue weighted by atomic mass is 16.2. The minimum Gasteiger partial charge on any atom is -0.344 e. The lowest BCUT2D eigenvalue weighted by Gasteiger charge is -2.54. The van der Waals surface area contributed by atoms with Gasteiger partial charge in [0.25, 0.3) is 0 Å². The lowest BCUT2D eigenvalue weighted by molar-refractivity contribution is -0.174. The molecule has 21 heavy (non-hydrogen) atoms. The predicted octanol–water partition coefficient (Wildman–Crippen LogP) is 2.41. The van der Waals surface area contributed by atoms with Crippen molar-refractivity contribution in [2.75, 3.05) is 20.1 Å². The van der Waals surface area contributed by atoms with Gasteiger partial charge in [-0.2, -0.15) is 0 Å². The van der Waals surface area contributed by atoms with Gasteiger partial charge in [-0.1, -0.05) is 26.8 Å². The van der Waals surface area contributed by atoms with Crippen LogP contribution < -0.4 is 0 Å². The monoisotopic (exact) mass is 290 g/mol. The second-order valence-electron chi connectivity index (χ2n) is 7.78. The molecule has 1 saturated carbocycles. The van der Waals surface area contributed by atoms with E-state index in [1.165, 1.54) is 0 Å². The zero-order valence-corrected chi connectivity index (χ0v) is 13.6. The molecule has 3 rings (SSSR count). The molecule has 1 saturated heterocycles. The van der Waals surface area contributed by atoms with Crippen molar-refractivity contribution >= 4 is 11.8 Å². The number of amides is 2. The van der Waals surface area contributed by atoms with Gasteiger partial charge in [-0.15, -0.1) is 0 Å². The molecule has 2 fully saturated rings. The highest BCUT2D eigenvalue weighted by Crippen LogP contribution is 2.66. The van der Waals surface area contributed by atoms with Gasteiger partial charge in [0.2, 0.25) is 11.8 Å². The molecule has 116 valence electrons. The molecule has 2 heterocycles. The molecule has 3 aliphatic rings. The van der Waals surface area contributed by atoms with Crippen LogP contribution in [0, 0.1) is 16.2 Å². The van der Waals surface area contributed by atoms with Crippen LogP contribution in [-0.2, 0) is 9.59 Å². The molecule has 4 heteroatoms. The predicted molar refractivity (Wildman–Crippen MR) is 81.3 cm³/mol. The van der Waals surface area contributed by atoms with Crippen LogP contribution in [0.4, 0.5) is 0 Å². The molecular formula is C17H26N2O2. The third-order valence-corrected chi connectivity index (χ3v) is 6.61. The van der Waals surface area contributed by atoms with Gasteiger partial charge in [0, 0.05) is 26.3 Å². The Kier molecular flexibility index (Phi) is 3.02. The molecule has 0 aromatic heterocycles. The first kappa shape index (κ1) is 14.6. The number of hydrogen-bond donors (Lipinski definition) is 0. The SMILES string of the molecule is CN1C[C@]2(C)CC[C@](C(=O)N3C=CCCC3)(C1=O)C2(C)C. The highest BCUT2D eigenvalue weighted by molar-refractivity contribution is 6.07. The number of hydrogen-bond acceptors (Lipinski definition) is 2. The second kappa shape index (κ2) is 4.34. The van der Waals surface area contributed by atoms with Crippen LogP contribution in [0.25, 0.3) is 0 Å². The van der Waals surface area contributed by atoms with Gasteiger partial charge < -0.3 is 9.80 Å². The van der Waals surface area contributed by atoms with Gasteiger partial charge in [-0.3, -0.25) is 9.59 Å². The summed E-state index contributed by atoms with van der Waals surface area (Å²) in [7, 11) is 1.84. The second-order valence-corrected chi connectivity index (χ2v) is 7.78. The summed E-state index contributed by atoms with van der Waals surface area (Å²) in [4.78, 5) is 29.8. The summed E-state index contributed by atoms with van der Waals surface area (Å²) in [5, 5.41) is 0. The molecular weight excluding hydrogens is 264 g/mol. The summed E-state index contributed by atoms with van der Waals surface area (Å²) < 4.78 is 0. The number of nitrogens with zero attached hydrogens (tertiary/aromatic N) is 2. The van der Waals surface area contributed by atoms with Crippen molar-refractivity contribution in [2.45, 2.75) is 46.5 Å². The lowest BCUT2D eigenvalue weighted by Crippen LogP contribution is -2.65. The van der Waals surface area contributed by atoms with Crippen LogP contribution in [0.2, 0.25) is 0 Å². The summed E-state index contributed by atoms with van der Waals surface area (Å²) in [6.07, 6.45) is 7.55. The molecule has 1 aliphatic carbocycles. The Morgan fingerprint density at radius 3 is 2.57 bits per heavy atom. The number of carbonyl (C=O) groups is 2. The molecule has 0 unspecified atom stereocenters. The zero-order chi connectivity index (χ0) is 15.5. The van der Waals surface area contributed by atoms with Crippen molar-refractivity contribution in [2.24, 2.45) is 16.2 Å². The smallest absolute Gasteiger partial charge is 0.242 e. The van der Waals surface area contributed by atoms with Gasteiger partial charge in [0.1, 0.15) is 5.41 Å². The van der Waals surface area contributed by atoms with Crippen molar-refractivity contribution in [1.29, 1.82) is 0 Å². The molecule has 2 amide bonds. The maximum absolute atomic E-state index is 13.3. The fraction of sp³-hybridized carbons (Fsp3) is 0.765. The van der Waals surface area contributed by atoms with E-state index in [-0.39, 0.29) is 22.6 Å². The van der Waals surface area contributed by atoms with Crippen molar-refractivity contribution in [3.8, 4) is 0 Å². The normalized spacial score (nSPS) is 38.0. The number of rotatable bonds is 1. The Bertz CT molecular complexity index is 525. The molecule has 0 N–H and O–H groups in total. The number of fused-ring (bicyclic) bond motifs is 2. The molecule has 0 aromatic rings. The Labute approximate surface area is 127 Å². The Balaban J connectivity index is 2.08. The van der Waals surface area contributed by atoms with Crippen LogP contribution >= 0.6 is 0 Å². The minimum atomic E-state index is -0.879. The molecule has 0 aromatic carbocycles. The average molecular weight is 290 g/mol. The van der Waals surface area contributed by atoms with Gasteiger partial charge in [0.05, 0.1) is 0 Å². The van der Waals surface area contributed by atoms with E-state index in [1.54, 1.807) is 9.80 Å². The Morgan fingerprint density at radius 1 is 1.24 bits per heavy atom. The Morgan fingerprint density at radius 2 is 1.95 bits per heavy atom. The van der Waals surface area contributed by atoms with Crippen LogP contribution in [0.15, 0.2) is 12.3 Å². The van der Waals surface area contributed by atoms with Gasteiger partial charge in [0.15, 0.2) is 0 Å². The zero-order valence-electron chi connectivity index (χ0n) is 13.6. The van der Waals surface area contributed by atoms with Gasteiger partial charge in [-0.25, -0.2) is 0 Å². The van der Waals surface area contributed by atoms with Crippen LogP contribution in [-0.4, -0.2) is 41.8 Å². The summed E-state index contributed by atoms with van der Waals surface area (Å²) in [5.74, 6) is 0.0372. The summed E-state index contributed by atoms with van der Waals surface area (Å²) in [5.41, 5.74) is -1.16.